The molecule has 1 aliphatic heterocycles. The Kier molecular flexibility index (Phi) is 6.12. The van der Waals surface area contributed by atoms with Crippen LogP contribution in [0.15, 0.2) is 0 Å². The number of carbonyl (C=O) groups excluding carboxylic acids is 1. The number of carboxylic acid groups (broad SMARTS) is 1. The van der Waals surface area contributed by atoms with Crippen LogP contribution in [-0.2, 0) is 4.79 Å². The van der Waals surface area contributed by atoms with E-state index in [0.29, 0.717) is 6.42 Å². The largest absolute Gasteiger partial charge is 0.481 e. The molecule has 3 atom stereocenters. The van der Waals surface area contributed by atoms with E-state index in [1.165, 1.54) is 0 Å². The predicted octanol–water partition coefficient (Wildman–Crippen LogP) is 2.46. The van der Waals surface area contributed by atoms with E-state index < -0.39 is 11.9 Å². The van der Waals surface area contributed by atoms with E-state index in [2.05, 4.69) is 19.2 Å². The van der Waals surface area contributed by atoms with Gasteiger partial charge in [0.05, 0.1) is 5.92 Å². The molecule has 5 heteroatoms. The van der Waals surface area contributed by atoms with E-state index >= 15 is 0 Å². The molecular formula is C14H26N2O3. The molecule has 1 aliphatic rings. The fourth-order valence-electron chi connectivity index (χ4n) is 2.78. The quantitative estimate of drug-likeness (QED) is 0.806. The lowest BCUT2D eigenvalue weighted by Gasteiger charge is -2.39. The maximum Gasteiger partial charge on any atom is 0.317 e. The van der Waals surface area contributed by atoms with Crippen LogP contribution in [-0.4, -0.2) is 40.6 Å². The minimum Gasteiger partial charge on any atom is -0.481 e. The maximum atomic E-state index is 12.2. The minimum absolute atomic E-state index is 0.123. The fraction of sp³-hybridized carbons (Fsp3) is 0.857. The van der Waals surface area contributed by atoms with Crippen molar-refractivity contribution in [3.8, 4) is 0 Å². The molecule has 19 heavy (non-hydrogen) atoms. The Morgan fingerprint density at radius 2 is 1.89 bits per heavy atom. The number of carbonyl (C=O) groups is 2. The van der Waals surface area contributed by atoms with Gasteiger partial charge in [0.25, 0.3) is 0 Å². The molecule has 2 amide bonds. The highest BCUT2D eigenvalue weighted by Crippen LogP contribution is 2.22. The summed E-state index contributed by atoms with van der Waals surface area (Å²) in [5.41, 5.74) is 0. The van der Waals surface area contributed by atoms with Crippen LogP contribution in [0.2, 0.25) is 0 Å². The van der Waals surface area contributed by atoms with E-state index in [0.717, 1.165) is 25.7 Å². The van der Waals surface area contributed by atoms with Gasteiger partial charge < -0.3 is 15.3 Å². The highest BCUT2D eigenvalue weighted by molar-refractivity contribution is 5.76. The first-order valence-electron chi connectivity index (χ1n) is 7.26. The van der Waals surface area contributed by atoms with Crippen molar-refractivity contribution in [1.82, 2.24) is 10.2 Å². The SMILES string of the molecule is CCCC(CNC(=O)N1[C@H](C)CCC[C@@H]1C)C(=O)O. The van der Waals surface area contributed by atoms with Crippen LogP contribution in [0, 0.1) is 5.92 Å². The highest BCUT2D eigenvalue weighted by Gasteiger charge is 2.29. The molecule has 5 nitrogen and oxygen atoms in total. The first-order valence-corrected chi connectivity index (χ1v) is 7.26. The molecule has 1 heterocycles. The summed E-state index contributed by atoms with van der Waals surface area (Å²) >= 11 is 0. The number of aliphatic carboxylic acids is 1. The van der Waals surface area contributed by atoms with Gasteiger partial charge in [-0.05, 0) is 39.5 Å². The van der Waals surface area contributed by atoms with E-state index in [1.807, 2.05) is 11.8 Å². The first-order chi connectivity index (χ1) is 8.97. The van der Waals surface area contributed by atoms with Crippen LogP contribution in [0.3, 0.4) is 0 Å². The lowest BCUT2D eigenvalue weighted by Crippen LogP contribution is -2.52. The average Bonchev–Trinajstić information content (AvgIpc) is 2.33. The highest BCUT2D eigenvalue weighted by atomic mass is 16.4. The van der Waals surface area contributed by atoms with Gasteiger partial charge in [0.2, 0.25) is 0 Å². The van der Waals surface area contributed by atoms with Crippen LogP contribution < -0.4 is 5.32 Å². The molecule has 1 unspecified atom stereocenters. The zero-order valence-electron chi connectivity index (χ0n) is 12.2. The number of rotatable bonds is 5. The summed E-state index contributed by atoms with van der Waals surface area (Å²) in [7, 11) is 0. The number of nitrogens with zero attached hydrogens (tertiary/aromatic N) is 1. The summed E-state index contributed by atoms with van der Waals surface area (Å²) in [4.78, 5) is 25.1. The molecule has 110 valence electrons. The number of amides is 2. The molecule has 0 radical (unpaired) electrons. The summed E-state index contributed by atoms with van der Waals surface area (Å²) in [6.07, 6.45) is 4.61. The normalized spacial score (nSPS) is 24.9. The number of carboxylic acids is 1. The third kappa shape index (κ3) is 4.40. The van der Waals surface area contributed by atoms with Gasteiger partial charge in [0.1, 0.15) is 0 Å². The minimum atomic E-state index is -0.832. The summed E-state index contributed by atoms with van der Waals surface area (Å²) in [5, 5.41) is 11.9. The second kappa shape index (κ2) is 7.36. The Morgan fingerprint density at radius 3 is 2.37 bits per heavy atom. The Hall–Kier alpha value is -1.26. The fourth-order valence-corrected chi connectivity index (χ4v) is 2.78. The van der Waals surface area contributed by atoms with Crippen molar-refractivity contribution in [3.63, 3.8) is 0 Å². The Balaban J connectivity index is 2.51. The van der Waals surface area contributed by atoms with Crippen molar-refractivity contribution >= 4 is 12.0 Å². The lowest BCUT2D eigenvalue weighted by atomic mass is 9.98. The van der Waals surface area contributed by atoms with Gasteiger partial charge in [-0.1, -0.05) is 13.3 Å². The molecule has 0 spiro atoms. The Morgan fingerprint density at radius 1 is 1.32 bits per heavy atom. The Bertz CT molecular complexity index is 310. The van der Waals surface area contributed by atoms with Crippen molar-refractivity contribution in [1.29, 1.82) is 0 Å². The molecule has 0 aromatic carbocycles. The van der Waals surface area contributed by atoms with Gasteiger partial charge in [-0.15, -0.1) is 0 Å². The standard InChI is InChI=1S/C14H26N2O3/c1-4-6-12(13(17)18)9-15-14(19)16-10(2)7-5-8-11(16)3/h10-12H,4-9H2,1-3H3,(H,15,19)(H,17,18)/t10-,11+,12?. The number of hydrogen-bond donors (Lipinski definition) is 2. The number of likely N-dealkylation sites (tertiary alicyclic amines) is 1. The number of piperidine rings is 1. The van der Waals surface area contributed by atoms with Crippen molar-refractivity contribution in [2.75, 3.05) is 6.54 Å². The van der Waals surface area contributed by atoms with Crippen LogP contribution in [0.1, 0.15) is 52.9 Å². The molecule has 0 bridgehead atoms. The Labute approximate surface area is 115 Å². The smallest absolute Gasteiger partial charge is 0.317 e. The van der Waals surface area contributed by atoms with Gasteiger partial charge in [-0.25, -0.2) is 4.79 Å². The molecule has 0 aromatic heterocycles. The molecule has 0 saturated carbocycles. The maximum absolute atomic E-state index is 12.2. The first kappa shape index (κ1) is 15.8. The van der Waals surface area contributed by atoms with E-state index in [4.69, 9.17) is 5.11 Å². The zero-order valence-corrected chi connectivity index (χ0v) is 12.2. The molecule has 1 saturated heterocycles. The van der Waals surface area contributed by atoms with Crippen molar-refractivity contribution in [3.05, 3.63) is 0 Å². The van der Waals surface area contributed by atoms with Gasteiger partial charge in [-0.3, -0.25) is 4.79 Å². The van der Waals surface area contributed by atoms with Gasteiger partial charge in [-0.2, -0.15) is 0 Å². The van der Waals surface area contributed by atoms with Crippen LogP contribution in [0.5, 0.6) is 0 Å². The molecular weight excluding hydrogens is 244 g/mol. The van der Waals surface area contributed by atoms with Crippen LogP contribution >= 0.6 is 0 Å². The van der Waals surface area contributed by atoms with Crippen LogP contribution in [0.25, 0.3) is 0 Å². The molecule has 0 aromatic rings. The lowest BCUT2D eigenvalue weighted by molar-refractivity contribution is -0.141. The summed E-state index contributed by atoms with van der Waals surface area (Å²) in [5.74, 6) is -1.31. The third-order valence-corrected chi connectivity index (χ3v) is 3.91. The molecule has 1 rings (SSSR count). The predicted molar refractivity (Wildman–Crippen MR) is 74.0 cm³/mol. The van der Waals surface area contributed by atoms with E-state index in [9.17, 15) is 9.59 Å². The van der Waals surface area contributed by atoms with Crippen molar-refractivity contribution in [2.24, 2.45) is 5.92 Å². The van der Waals surface area contributed by atoms with Gasteiger partial charge >= 0.3 is 12.0 Å². The molecule has 1 fully saturated rings. The summed E-state index contributed by atoms with van der Waals surface area (Å²) in [6.45, 7) is 6.27. The summed E-state index contributed by atoms with van der Waals surface area (Å²) < 4.78 is 0. The third-order valence-electron chi connectivity index (χ3n) is 3.91. The molecule has 2 N–H and O–H groups in total. The second-order valence-electron chi connectivity index (χ2n) is 5.55. The summed E-state index contributed by atoms with van der Waals surface area (Å²) in [6, 6.07) is 0.346. The van der Waals surface area contributed by atoms with Gasteiger partial charge in [0, 0.05) is 18.6 Å². The monoisotopic (exact) mass is 270 g/mol. The second-order valence-corrected chi connectivity index (χ2v) is 5.55. The zero-order chi connectivity index (χ0) is 14.4. The van der Waals surface area contributed by atoms with Crippen LogP contribution in [0.4, 0.5) is 4.79 Å². The van der Waals surface area contributed by atoms with Crippen molar-refractivity contribution in [2.45, 2.75) is 65.0 Å². The topological polar surface area (TPSA) is 69.6 Å². The van der Waals surface area contributed by atoms with E-state index in [-0.39, 0.29) is 24.7 Å². The number of hydrogen-bond acceptors (Lipinski definition) is 2. The average molecular weight is 270 g/mol. The van der Waals surface area contributed by atoms with Gasteiger partial charge in [0.15, 0.2) is 0 Å². The number of urea groups is 1. The molecule has 0 aliphatic carbocycles. The van der Waals surface area contributed by atoms with E-state index in [1.54, 1.807) is 0 Å². The van der Waals surface area contributed by atoms with Crippen molar-refractivity contribution < 1.29 is 14.7 Å². The number of nitrogens with one attached hydrogen (secondary N) is 1.